The van der Waals surface area contributed by atoms with Crippen molar-refractivity contribution < 1.29 is 4.79 Å². The zero-order valence-electron chi connectivity index (χ0n) is 15.4. The van der Waals surface area contributed by atoms with E-state index >= 15 is 0 Å². The summed E-state index contributed by atoms with van der Waals surface area (Å²) in [6.07, 6.45) is 9.97. The van der Waals surface area contributed by atoms with Crippen molar-refractivity contribution in [3.63, 3.8) is 0 Å². The second-order valence-electron chi connectivity index (χ2n) is 7.13. The van der Waals surface area contributed by atoms with Gasteiger partial charge in [0.25, 0.3) is 0 Å². The lowest BCUT2D eigenvalue weighted by atomic mass is 10.0. The van der Waals surface area contributed by atoms with Crippen LogP contribution in [-0.4, -0.2) is 41.8 Å². The van der Waals surface area contributed by atoms with Crippen molar-refractivity contribution in [2.24, 2.45) is 0 Å². The van der Waals surface area contributed by atoms with E-state index in [1.54, 1.807) is 0 Å². The summed E-state index contributed by atoms with van der Waals surface area (Å²) in [6.45, 7) is 3.33. The number of carbonyl (C=O) groups is 1. The van der Waals surface area contributed by atoms with E-state index in [1.807, 2.05) is 0 Å². The molecule has 4 heteroatoms. The summed E-state index contributed by atoms with van der Waals surface area (Å²) in [7, 11) is 0. The van der Waals surface area contributed by atoms with Gasteiger partial charge in [-0.1, -0.05) is 65.5 Å². The van der Waals surface area contributed by atoms with Crippen LogP contribution in [0, 0.1) is 0 Å². The van der Waals surface area contributed by atoms with Crippen molar-refractivity contribution in [1.82, 2.24) is 10.2 Å². The molecule has 0 aliphatic carbocycles. The smallest absolute Gasteiger partial charge is 0.220 e. The van der Waals surface area contributed by atoms with E-state index in [2.05, 4.69) is 56.5 Å². The van der Waals surface area contributed by atoms with Crippen molar-refractivity contribution in [3.05, 3.63) is 35.9 Å². The number of hydrogen-bond acceptors (Lipinski definition) is 2. The second kappa shape index (κ2) is 12.5. The number of halogens is 1. The quantitative estimate of drug-likeness (QED) is 0.430. The van der Waals surface area contributed by atoms with Crippen LogP contribution in [0.4, 0.5) is 0 Å². The summed E-state index contributed by atoms with van der Waals surface area (Å²) in [5.74, 6) is 0.253. The summed E-state index contributed by atoms with van der Waals surface area (Å²) in [6, 6.07) is 11.1. The van der Waals surface area contributed by atoms with Crippen LogP contribution in [0.5, 0.6) is 0 Å². The Labute approximate surface area is 161 Å². The third kappa shape index (κ3) is 8.87. The minimum absolute atomic E-state index is 0.253. The Kier molecular flexibility index (Phi) is 10.2. The summed E-state index contributed by atoms with van der Waals surface area (Å²) < 4.78 is 0. The van der Waals surface area contributed by atoms with Crippen LogP contribution in [-0.2, 0) is 11.2 Å². The summed E-state index contributed by atoms with van der Waals surface area (Å²) in [5.41, 5.74) is 1.41. The van der Waals surface area contributed by atoms with Crippen LogP contribution in [0.3, 0.4) is 0 Å². The fourth-order valence-electron chi connectivity index (χ4n) is 3.44. The normalized spacial score (nSPS) is 16.0. The fraction of sp³-hybridized carbons (Fsp3) is 0.667. The number of piperidine rings is 1. The fourth-order valence-corrected chi connectivity index (χ4v) is 3.84. The molecule has 0 aromatic heterocycles. The molecule has 0 radical (unpaired) electrons. The van der Waals surface area contributed by atoms with E-state index in [0.29, 0.717) is 12.5 Å². The molecule has 1 amide bonds. The standard InChI is InChI=1S/C21H33BrN2O/c22-15-8-3-1-2-7-11-21(25)23-20-13-17-24(18-14-20)16-12-19-9-5-4-6-10-19/h4-6,9-10,20H,1-3,7-8,11-18H2,(H,23,25). The lowest BCUT2D eigenvalue weighted by molar-refractivity contribution is -0.122. The number of nitrogens with one attached hydrogen (secondary N) is 1. The van der Waals surface area contributed by atoms with E-state index in [0.717, 1.165) is 50.6 Å². The molecule has 1 saturated heterocycles. The predicted octanol–water partition coefficient (Wildman–Crippen LogP) is 4.55. The SMILES string of the molecule is O=C(CCCCCCCBr)NC1CCN(CCc2ccccc2)CC1. The van der Waals surface area contributed by atoms with Gasteiger partial charge < -0.3 is 10.2 Å². The summed E-state index contributed by atoms with van der Waals surface area (Å²) in [4.78, 5) is 14.6. The molecule has 1 N–H and O–H groups in total. The van der Waals surface area contributed by atoms with Gasteiger partial charge in [0.1, 0.15) is 0 Å². The third-order valence-corrected chi connectivity index (χ3v) is 5.61. The topological polar surface area (TPSA) is 32.3 Å². The van der Waals surface area contributed by atoms with Gasteiger partial charge in [-0.25, -0.2) is 0 Å². The first-order valence-electron chi connectivity index (χ1n) is 9.89. The van der Waals surface area contributed by atoms with E-state index in [9.17, 15) is 4.79 Å². The molecule has 1 aliphatic rings. The van der Waals surface area contributed by atoms with Gasteiger partial charge in [0, 0.05) is 37.4 Å². The number of nitrogens with zero attached hydrogens (tertiary/aromatic N) is 1. The Hall–Kier alpha value is -0.870. The van der Waals surface area contributed by atoms with Crippen LogP contribution >= 0.6 is 15.9 Å². The Morgan fingerprint density at radius 3 is 2.44 bits per heavy atom. The summed E-state index contributed by atoms with van der Waals surface area (Å²) in [5, 5.41) is 4.34. The van der Waals surface area contributed by atoms with E-state index in [4.69, 9.17) is 0 Å². The minimum Gasteiger partial charge on any atom is -0.353 e. The number of hydrogen-bond donors (Lipinski definition) is 1. The predicted molar refractivity (Wildman–Crippen MR) is 109 cm³/mol. The molecule has 3 nitrogen and oxygen atoms in total. The molecule has 0 unspecified atom stereocenters. The van der Waals surface area contributed by atoms with Gasteiger partial charge >= 0.3 is 0 Å². The zero-order chi connectivity index (χ0) is 17.7. The highest BCUT2D eigenvalue weighted by Gasteiger charge is 2.20. The third-order valence-electron chi connectivity index (χ3n) is 5.05. The molecule has 1 heterocycles. The number of benzene rings is 1. The van der Waals surface area contributed by atoms with Crippen molar-refractivity contribution in [2.75, 3.05) is 25.0 Å². The van der Waals surface area contributed by atoms with Gasteiger partial charge in [-0.3, -0.25) is 4.79 Å². The van der Waals surface area contributed by atoms with Crippen molar-refractivity contribution in [1.29, 1.82) is 0 Å². The average Bonchev–Trinajstić information content (AvgIpc) is 2.65. The van der Waals surface area contributed by atoms with Crippen molar-refractivity contribution in [2.45, 2.75) is 63.8 Å². The Bertz CT molecular complexity index is 472. The van der Waals surface area contributed by atoms with E-state index < -0.39 is 0 Å². The molecule has 0 bridgehead atoms. The van der Waals surface area contributed by atoms with Gasteiger partial charge in [-0.2, -0.15) is 0 Å². The minimum atomic E-state index is 0.253. The molecule has 1 aromatic carbocycles. The maximum Gasteiger partial charge on any atom is 0.220 e. The lowest BCUT2D eigenvalue weighted by Crippen LogP contribution is -2.45. The molecule has 1 aliphatic heterocycles. The van der Waals surface area contributed by atoms with E-state index in [-0.39, 0.29) is 5.91 Å². The monoisotopic (exact) mass is 408 g/mol. The Balaban J connectivity index is 1.52. The summed E-state index contributed by atoms with van der Waals surface area (Å²) >= 11 is 3.46. The van der Waals surface area contributed by atoms with Crippen LogP contribution in [0.25, 0.3) is 0 Å². The molecule has 25 heavy (non-hydrogen) atoms. The zero-order valence-corrected chi connectivity index (χ0v) is 17.0. The van der Waals surface area contributed by atoms with Gasteiger partial charge in [-0.05, 0) is 37.7 Å². The van der Waals surface area contributed by atoms with Crippen LogP contribution < -0.4 is 5.32 Å². The molecule has 0 atom stereocenters. The second-order valence-corrected chi connectivity index (χ2v) is 7.92. The number of carbonyl (C=O) groups excluding carboxylic acids is 1. The van der Waals surface area contributed by atoms with Crippen LogP contribution in [0.1, 0.15) is 56.9 Å². The molecule has 0 spiro atoms. The number of likely N-dealkylation sites (tertiary alicyclic amines) is 1. The average molecular weight is 409 g/mol. The first-order valence-corrected chi connectivity index (χ1v) is 11.0. The lowest BCUT2D eigenvalue weighted by Gasteiger charge is -2.32. The number of unbranched alkanes of at least 4 members (excludes halogenated alkanes) is 4. The number of amides is 1. The Morgan fingerprint density at radius 1 is 1.04 bits per heavy atom. The number of alkyl halides is 1. The largest absolute Gasteiger partial charge is 0.353 e. The Morgan fingerprint density at radius 2 is 1.72 bits per heavy atom. The molecular weight excluding hydrogens is 376 g/mol. The van der Waals surface area contributed by atoms with Crippen LogP contribution in [0.15, 0.2) is 30.3 Å². The van der Waals surface area contributed by atoms with Crippen LogP contribution in [0.2, 0.25) is 0 Å². The van der Waals surface area contributed by atoms with E-state index in [1.165, 1.54) is 31.2 Å². The van der Waals surface area contributed by atoms with Gasteiger partial charge in [-0.15, -0.1) is 0 Å². The molecule has 2 rings (SSSR count). The molecule has 0 saturated carbocycles. The maximum absolute atomic E-state index is 12.1. The molecule has 1 fully saturated rings. The molecule has 140 valence electrons. The van der Waals surface area contributed by atoms with Gasteiger partial charge in [0.05, 0.1) is 0 Å². The molecule has 1 aromatic rings. The maximum atomic E-state index is 12.1. The van der Waals surface area contributed by atoms with Crippen molar-refractivity contribution in [3.8, 4) is 0 Å². The van der Waals surface area contributed by atoms with Gasteiger partial charge in [0.2, 0.25) is 5.91 Å². The highest BCUT2D eigenvalue weighted by Crippen LogP contribution is 2.12. The first-order chi connectivity index (χ1) is 12.3. The first kappa shape index (κ1) is 20.4. The number of rotatable bonds is 11. The van der Waals surface area contributed by atoms with Crippen molar-refractivity contribution >= 4 is 21.8 Å². The highest BCUT2D eigenvalue weighted by atomic mass is 79.9. The van der Waals surface area contributed by atoms with Gasteiger partial charge in [0.15, 0.2) is 0 Å². The molecular formula is C21H33BrN2O. The highest BCUT2D eigenvalue weighted by molar-refractivity contribution is 9.09.